The van der Waals surface area contributed by atoms with Crippen LogP contribution in [0.1, 0.15) is 42.8 Å². The first kappa shape index (κ1) is 22.0. The van der Waals surface area contributed by atoms with E-state index in [-0.39, 0.29) is 11.3 Å². The van der Waals surface area contributed by atoms with Crippen molar-refractivity contribution < 1.29 is 4.79 Å². The average Bonchev–Trinajstić information content (AvgIpc) is 2.61. The lowest BCUT2D eigenvalue weighted by molar-refractivity contribution is -0.121. The lowest BCUT2D eigenvalue weighted by Gasteiger charge is -2.26. The second-order valence-corrected chi connectivity index (χ2v) is 8.74. The molecule has 2 rings (SSSR count). The van der Waals surface area contributed by atoms with E-state index in [4.69, 9.17) is 23.2 Å². The Morgan fingerprint density at radius 3 is 2.33 bits per heavy atom. The molecule has 146 valence electrons. The zero-order valence-electron chi connectivity index (χ0n) is 16.3. The summed E-state index contributed by atoms with van der Waals surface area (Å²) < 4.78 is 0. The van der Waals surface area contributed by atoms with Gasteiger partial charge in [0.1, 0.15) is 0 Å². The van der Waals surface area contributed by atoms with Crippen molar-refractivity contribution >= 4 is 40.9 Å². The maximum atomic E-state index is 12.4. The van der Waals surface area contributed by atoms with Gasteiger partial charge in [-0.25, -0.2) is 9.97 Å². The summed E-state index contributed by atoms with van der Waals surface area (Å²) in [6.07, 6.45) is 2.99. The summed E-state index contributed by atoms with van der Waals surface area (Å²) in [5, 5.41) is 4.84. The Morgan fingerprint density at radius 1 is 1.15 bits per heavy atom. The minimum Gasteiger partial charge on any atom is -0.355 e. The average molecular weight is 426 g/mol. The van der Waals surface area contributed by atoms with E-state index in [0.29, 0.717) is 29.4 Å². The Morgan fingerprint density at radius 2 is 1.78 bits per heavy atom. The summed E-state index contributed by atoms with van der Waals surface area (Å²) in [6.45, 7) is 8.58. The SMILES string of the molecule is CSc1nc(C)c(CCC(=O)NCC(C)(C)c2ccc(Cl)c(Cl)c2)c(C)n1. The quantitative estimate of drug-likeness (QED) is 0.492. The first-order valence-corrected chi connectivity index (χ1v) is 10.7. The van der Waals surface area contributed by atoms with E-state index in [2.05, 4.69) is 29.1 Å². The second-order valence-electron chi connectivity index (χ2n) is 7.15. The topological polar surface area (TPSA) is 54.9 Å². The molecule has 1 aromatic heterocycles. The van der Waals surface area contributed by atoms with Gasteiger partial charge < -0.3 is 5.32 Å². The summed E-state index contributed by atoms with van der Waals surface area (Å²) in [7, 11) is 0. The van der Waals surface area contributed by atoms with Crippen molar-refractivity contribution in [1.82, 2.24) is 15.3 Å². The molecule has 1 N–H and O–H groups in total. The maximum absolute atomic E-state index is 12.4. The van der Waals surface area contributed by atoms with Crippen molar-refractivity contribution in [2.24, 2.45) is 0 Å². The van der Waals surface area contributed by atoms with Crippen LogP contribution < -0.4 is 5.32 Å². The fourth-order valence-corrected chi connectivity index (χ4v) is 3.58. The van der Waals surface area contributed by atoms with Crippen LogP contribution in [0.3, 0.4) is 0 Å². The number of amides is 1. The highest BCUT2D eigenvalue weighted by molar-refractivity contribution is 7.98. The molecule has 0 unspecified atom stereocenters. The lowest BCUT2D eigenvalue weighted by atomic mass is 9.84. The number of hydrogen-bond donors (Lipinski definition) is 1. The Balaban J connectivity index is 1.95. The predicted molar refractivity (Wildman–Crippen MR) is 114 cm³/mol. The molecule has 1 heterocycles. The van der Waals surface area contributed by atoms with Crippen LogP contribution in [0, 0.1) is 13.8 Å². The van der Waals surface area contributed by atoms with E-state index in [1.807, 2.05) is 32.2 Å². The van der Waals surface area contributed by atoms with Crippen LogP contribution in [-0.2, 0) is 16.6 Å². The largest absolute Gasteiger partial charge is 0.355 e. The fraction of sp³-hybridized carbons (Fsp3) is 0.450. The molecule has 0 bridgehead atoms. The molecule has 0 atom stereocenters. The highest BCUT2D eigenvalue weighted by Gasteiger charge is 2.22. The Hall–Kier alpha value is -1.30. The van der Waals surface area contributed by atoms with Crippen molar-refractivity contribution in [3.63, 3.8) is 0 Å². The fourth-order valence-electron chi connectivity index (χ4n) is 2.83. The molecule has 27 heavy (non-hydrogen) atoms. The number of benzene rings is 1. The Kier molecular flexibility index (Phi) is 7.55. The third kappa shape index (κ3) is 5.84. The van der Waals surface area contributed by atoms with E-state index in [0.717, 1.165) is 27.7 Å². The number of nitrogens with one attached hydrogen (secondary N) is 1. The molecular formula is C20H25Cl2N3OS. The molecule has 1 aromatic carbocycles. The predicted octanol–water partition coefficient (Wildman–Crippen LogP) is 5.15. The van der Waals surface area contributed by atoms with E-state index >= 15 is 0 Å². The molecule has 0 fully saturated rings. The monoisotopic (exact) mass is 425 g/mol. The summed E-state index contributed by atoms with van der Waals surface area (Å²) in [5.74, 6) is 0.0101. The van der Waals surface area contributed by atoms with E-state index in [9.17, 15) is 4.79 Å². The molecule has 0 spiro atoms. The Bertz CT molecular complexity index is 817. The summed E-state index contributed by atoms with van der Waals surface area (Å²) in [4.78, 5) is 21.3. The van der Waals surface area contributed by atoms with Crippen molar-refractivity contribution in [1.29, 1.82) is 0 Å². The minimum absolute atomic E-state index is 0.0101. The highest BCUT2D eigenvalue weighted by atomic mass is 35.5. The van der Waals surface area contributed by atoms with Gasteiger partial charge in [0.05, 0.1) is 10.0 Å². The third-order valence-electron chi connectivity index (χ3n) is 4.61. The molecule has 0 radical (unpaired) electrons. The smallest absolute Gasteiger partial charge is 0.220 e. The number of nitrogens with zero attached hydrogens (tertiary/aromatic N) is 2. The standard InChI is InChI=1S/C20H25Cl2N3OS/c1-12-15(13(2)25-19(24-12)27-5)7-9-18(26)23-11-20(3,4)14-6-8-16(21)17(22)10-14/h6,8,10H,7,9,11H2,1-5H3,(H,23,26). The summed E-state index contributed by atoms with van der Waals surface area (Å²) in [6, 6.07) is 5.58. The molecule has 0 aliphatic heterocycles. The molecular weight excluding hydrogens is 401 g/mol. The van der Waals surface area contributed by atoms with Crippen LogP contribution in [0.15, 0.2) is 23.4 Å². The number of carbonyl (C=O) groups excluding carboxylic acids is 1. The molecule has 0 saturated heterocycles. The van der Waals surface area contributed by atoms with Gasteiger partial charge in [-0.15, -0.1) is 0 Å². The van der Waals surface area contributed by atoms with Crippen molar-refractivity contribution in [3.8, 4) is 0 Å². The van der Waals surface area contributed by atoms with Gasteiger partial charge in [0.2, 0.25) is 5.91 Å². The van der Waals surface area contributed by atoms with Crippen LogP contribution in [0.25, 0.3) is 0 Å². The Labute approximate surface area is 175 Å². The van der Waals surface area contributed by atoms with Crippen LogP contribution >= 0.6 is 35.0 Å². The number of halogens is 2. The normalized spacial score (nSPS) is 11.5. The number of carbonyl (C=O) groups is 1. The highest BCUT2D eigenvalue weighted by Crippen LogP contribution is 2.29. The van der Waals surface area contributed by atoms with Gasteiger partial charge in [-0.2, -0.15) is 0 Å². The minimum atomic E-state index is -0.251. The third-order valence-corrected chi connectivity index (χ3v) is 5.90. The van der Waals surface area contributed by atoms with Gasteiger partial charge in [0.25, 0.3) is 0 Å². The molecule has 4 nitrogen and oxygen atoms in total. The number of rotatable bonds is 7. The molecule has 7 heteroatoms. The lowest BCUT2D eigenvalue weighted by Crippen LogP contribution is -2.36. The van der Waals surface area contributed by atoms with Crippen LogP contribution in [0.4, 0.5) is 0 Å². The first-order valence-electron chi connectivity index (χ1n) is 8.74. The van der Waals surface area contributed by atoms with E-state index < -0.39 is 0 Å². The zero-order chi connectivity index (χ0) is 20.2. The number of hydrogen-bond acceptors (Lipinski definition) is 4. The van der Waals surface area contributed by atoms with Gasteiger partial charge in [0, 0.05) is 29.8 Å². The number of aryl methyl sites for hydroxylation is 2. The van der Waals surface area contributed by atoms with Crippen molar-refractivity contribution in [3.05, 3.63) is 50.8 Å². The summed E-state index contributed by atoms with van der Waals surface area (Å²) >= 11 is 13.6. The van der Waals surface area contributed by atoms with Gasteiger partial charge in [-0.3, -0.25) is 4.79 Å². The summed E-state index contributed by atoms with van der Waals surface area (Å²) in [5.41, 5.74) is 3.71. The molecule has 0 aliphatic rings. The molecule has 2 aromatic rings. The van der Waals surface area contributed by atoms with Gasteiger partial charge in [-0.05, 0) is 49.8 Å². The van der Waals surface area contributed by atoms with Crippen molar-refractivity contribution in [2.45, 2.75) is 51.1 Å². The van der Waals surface area contributed by atoms with Gasteiger partial charge in [0.15, 0.2) is 5.16 Å². The zero-order valence-corrected chi connectivity index (χ0v) is 18.6. The van der Waals surface area contributed by atoms with Crippen LogP contribution in [-0.4, -0.2) is 28.7 Å². The van der Waals surface area contributed by atoms with Gasteiger partial charge >= 0.3 is 0 Å². The first-order chi connectivity index (χ1) is 12.6. The number of thioether (sulfide) groups is 1. The molecule has 0 saturated carbocycles. The van der Waals surface area contributed by atoms with Crippen molar-refractivity contribution in [2.75, 3.05) is 12.8 Å². The number of aromatic nitrogens is 2. The maximum Gasteiger partial charge on any atom is 0.220 e. The van der Waals surface area contributed by atoms with Crippen LogP contribution in [0.5, 0.6) is 0 Å². The molecule has 1 amide bonds. The van der Waals surface area contributed by atoms with Crippen LogP contribution in [0.2, 0.25) is 10.0 Å². The van der Waals surface area contributed by atoms with E-state index in [1.54, 1.807) is 6.07 Å². The molecule has 0 aliphatic carbocycles. The van der Waals surface area contributed by atoms with Gasteiger partial charge in [-0.1, -0.05) is 54.9 Å². The second kappa shape index (κ2) is 9.26. The van der Waals surface area contributed by atoms with E-state index in [1.165, 1.54) is 11.8 Å².